The van der Waals surface area contributed by atoms with E-state index in [1.54, 1.807) is 13.8 Å². The molecule has 0 fully saturated rings. The Labute approximate surface area is 88.6 Å². The van der Waals surface area contributed by atoms with Crippen molar-refractivity contribution in [3.05, 3.63) is 47.0 Å². The van der Waals surface area contributed by atoms with Crippen molar-refractivity contribution in [1.29, 1.82) is 0 Å². The predicted octanol–water partition coefficient (Wildman–Crippen LogP) is 3.24. The van der Waals surface area contributed by atoms with E-state index in [-0.39, 0.29) is 5.56 Å². The Balaban J connectivity index is 3.12. The molecular weight excluding hydrogens is 196 g/mol. The summed E-state index contributed by atoms with van der Waals surface area (Å²) in [5.74, 6) is -1.14. The summed E-state index contributed by atoms with van der Waals surface area (Å²) >= 11 is 0. The maximum absolute atomic E-state index is 13.6. The molecule has 0 amide bonds. The largest absolute Gasteiger partial charge is 0.324 e. The molecule has 82 valence electrons. The molecule has 0 aromatic heterocycles. The van der Waals surface area contributed by atoms with Crippen LogP contribution in [0.4, 0.5) is 8.78 Å². The molecule has 0 aliphatic rings. The average molecular weight is 211 g/mol. The molecule has 1 aromatic rings. The highest BCUT2D eigenvalue weighted by atomic mass is 19.1. The SMILES string of the molecule is C=C(C)C[C@H](N)c1c(F)ccc(C)c1F. The number of rotatable bonds is 3. The van der Waals surface area contributed by atoms with E-state index in [0.29, 0.717) is 12.0 Å². The molecule has 0 bridgehead atoms. The zero-order valence-electron chi connectivity index (χ0n) is 8.98. The highest BCUT2D eigenvalue weighted by molar-refractivity contribution is 5.29. The number of nitrogens with two attached hydrogens (primary N) is 1. The first kappa shape index (κ1) is 11.9. The number of hydrogen-bond acceptors (Lipinski definition) is 1. The quantitative estimate of drug-likeness (QED) is 0.763. The molecule has 15 heavy (non-hydrogen) atoms. The average Bonchev–Trinajstić information content (AvgIpc) is 2.11. The second kappa shape index (κ2) is 4.53. The summed E-state index contributed by atoms with van der Waals surface area (Å²) in [4.78, 5) is 0. The van der Waals surface area contributed by atoms with Crippen LogP contribution >= 0.6 is 0 Å². The van der Waals surface area contributed by atoms with Gasteiger partial charge in [0, 0.05) is 11.6 Å². The van der Waals surface area contributed by atoms with Crippen LogP contribution in [0.25, 0.3) is 0 Å². The summed E-state index contributed by atoms with van der Waals surface area (Å²) in [5.41, 5.74) is 6.90. The molecule has 0 saturated heterocycles. The minimum atomic E-state index is -0.664. The zero-order chi connectivity index (χ0) is 11.6. The lowest BCUT2D eigenvalue weighted by molar-refractivity contribution is 0.519. The van der Waals surface area contributed by atoms with Gasteiger partial charge < -0.3 is 5.73 Å². The van der Waals surface area contributed by atoms with Crippen molar-refractivity contribution in [1.82, 2.24) is 0 Å². The van der Waals surface area contributed by atoms with Crippen LogP contribution in [-0.2, 0) is 0 Å². The van der Waals surface area contributed by atoms with Gasteiger partial charge in [-0.15, -0.1) is 6.58 Å². The van der Waals surface area contributed by atoms with Gasteiger partial charge in [-0.2, -0.15) is 0 Å². The summed E-state index contributed by atoms with van der Waals surface area (Å²) in [5, 5.41) is 0. The van der Waals surface area contributed by atoms with Gasteiger partial charge in [-0.1, -0.05) is 11.6 Å². The van der Waals surface area contributed by atoms with Gasteiger partial charge in [0.25, 0.3) is 0 Å². The summed E-state index contributed by atoms with van der Waals surface area (Å²) in [6.45, 7) is 7.05. The lowest BCUT2D eigenvalue weighted by atomic mass is 9.98. The molecule has 0 spiro atoms. The van der Waals surface area contributed by atoms with Crippen LogP contribution in [0, 0.1) is 18.6 Å². The third-order valence-corrected chi connectivity index (χ3v) is 2.26. The van der Waals surface area contributed by atoms with Crippen molar-refractivity contribution < 1.29 is 8.78 Å². The molecule has 0 heterocycles. The summed E-state index contributed by atoms with van der Waals surface area (Å²) in [6.07, 6.45) is 0.386. The van der Waals surface area contributed by atoms with Crippen molar-refractivity contribution in [3.63, 3.8) is 0 Å². The Hall–Kier alpha value is -1.22. The highest BCUT2D eigenvalue weighted by Crippen LogP contribution is 2.25. The van der Waals surface area contributed by atoms with Crippen LogP contribution in [0.15, 0.2) is 24.3 Å². The molecule has 0 aliphatic heterocycles. The number of benzene rings is 1. The van der Waals surface area contributed by atoms with Crippen molar-refractivity contribution in [2.45, 2.75) is 26.3 Å². The number of aryl methyl sites for hydroxylation is 1. The molecule has 1 atom stereocenters. The lowest BCUT2D eigenvalue weighted by Gasteiger charge is -2.14. The van der Waals surface area contributed by atoms with Gasteiger partial charge in [0.05, 0.1) is 0 Å². The van der Waals surface area contributed by atoms with E-state index in [4.69, 9.17) is 5.73 Å². The van der Waals surface area contributed by atoms with E-state index < -0.39 is 17.7 Å². The maximum atomic E-state index is 13.6. The highest BCUT2D eigenvalue weighted by Gasteiger charge is 2.18. The first-order valence-electron chi connectivity index (χ1n) is 4.78. The van der Waals surface area contributed by atoms with Crippen molar-refractivity contribution in [3.8, 4) is 0 Å². The second-order valence-corrected chi connectivity index (χ2v) is 3.86. The molecule has 2 N–H and O–H groups in total. The molecular formula is C12H15F2N. The molecule has 3 heteroatoms. The van der Waals surface area contributed by atoms with Crippen molar-refractivity contribution in [2.75, 3.05) is 0 Å². The van der Waals surface area contributed by atoms with Crippen LogP contribution in [0.2, 0.25) is 0 Å². The maximum Gasteiger partial charge on any atom is 0.133 e. The third kappa shape index (κ3) is 2.63. The lowest BCUT2D eigenvalue weighted by Crippen LogP contribution is -2.15. The zero-order valence-corrected chi connectivity index (χ0v) is 8.98. The van der Waals surface area contributed by atoms with E-state index in [2.05, 4.69) is 6.58 Å². The molecule has 1 nitrogen and oxygen atoms in total. The van der Waals surface area contributed by atoms with Crippen LogP contribution in [-0.4, -0.2) is 0 Å². The molecule has 0 unspecified atom stereocenters. The summed E-state index contributed by atoms with van der Waals surface area (Å²) < 4.78 is 27.0. The van der Waals surface area contributed by atoms with E-state index in [1.165, 1.54) is 12.1 Å². The van der Waals surface area contributed by atoms with Crippen LogP contribution < -0.4 is 5.73 Å². The minimum Gasteiger partial charge on any atom is -0.324 e. The predicted molar refractivity (Wildman–Crippen MR) is 57.5 cm³/mol. The van der Waals surface area contributed by atoms with E-state index in [9.17, 15) is 8.78 Å². The second-order valence-electron chi connectivity index (χ2n) is 3.86. The molecule has 1 rings (SSSR count). The van der Waals surface area contributed by atoms with E-state index in [1.807, 2.05) is 0 Å². The summed E-state index contributed by atoms with van der Waals surface area (Å²) in [6, 6.07) is 1.98. The Morgan fingerprint density at radius 2 is 2.07 bits per heavy atom. The number of hydrogen-bond donors (Lipinski definition) is 1. The van der Waals surface area contributed by atoms with Gasteiger partial charge in [-0.25, -0.2) is 8.78 Å². The first-order chi connectivity index (χ1) is 6.93. The third-order valence-electron chi connectivity index (χ3n) is 2.26. The monoisotopic (exact) mass is 211 g/mol. The van der Waals surface area contributed by atoms with E-state index in [0.717, 1.165) is 5.57 Å². The van der Waals surface area contributed by atoms with Gasteiger partial charge >= 0.3 is 0 Å². The van der Waals surface area contributed by atoms with Crippen molar-refractivity contribution in [2.24, 2.45) is 5.73 Å². The molecule has 0 radical (unpaired) electrons. The molecule has 1 aromatic carbocycles. The Morgan fingerprint density at radius 1 is 1.47 bits per heavy atom. The van der Waals surface area contributed by atoms with Gasteiger partial charge in [0.1, 0.15) is 11.6 Å². The fourth-order valence-corrected chi connectivity index (χ4v) is 1.50. The van der Waals surface area contributed by atoms with Crippen molar-refractivity contribution >= 4 is 0 Å². The number of halogens is 2. The Bertz CT molecular complexity index is 385. The first-order valence-corrected chi connectivity index (χ1v) is 4.78. The van der Waals surface area contributed by atoms with Gasteiger partial charge in [-0.3, -0.25) is 0 Å². The van der Waals surface area contributed by atoms with Gasteiger partial charge in [-0.05, 0) is 31.9 Å². The Kier molecular flexibility index (Phi) is 3.58. The molecule has 0 aliphatic carbocycles. The van der Waals surface area contributed by atoms with Gasteiger partial charge in [0.2, 0.25) is 0 Å². The smallest absolute Gasteiger partial charge is 0.133 e. The van der Waals surface area contributed by atoms with E-state index >= 15 is 0 Å². The van der Waals surface area contributed by atoms with Crippen LogP contribution in [0.1, 0.15) is 30.5 Å². The normalized spacial score (nSPS) is 12.6. The summed E-state index contributed by atoms with van der Waals surface area (Å²) in [7, 11) is 0. The standard InChI is InChI=1S/C12H15F2N/c1-7(2)6-10(15)11-9(13)5-4-8(3)12(11)14/h4-5,10H,1,6,15H2,2-3H3/t10-/m0/s1. The Morgan fingerprint density at radius 3 is 2.60 bits per heavy atom. The molecule has 0 saturated carbocycles. The van der Waals surface area contributed by atoms with Crippen LogP contribution in [0.3, 0.4) is 0 Å². The fraction of sp³-hybridized carbons (Fsp3) is 0.333. The minimum absolute atomic E-state index is 0.0435. The topological polar surface area (TPSA) is 26.0 Å². The van der Waals surface area contributed by atoms with Crippen LogP contribution in [0.5, 0.6) is 0 Å². The fourth-order valence-electron chi connectivity index (χ4n) is 1.50. The van der Waals surface area contributed by atoms with Gasteiger partial charge in [0.15, 0.2) is 0 Å².